The van der Waals surface area contributed by atoms with Crippen molar-refractivity contribution in [1.29, 1.82) is 0 Å². The van der Waals surface area contributed by atoms with Gasteiger partial charge in [-0.15, -0.1) is 0 Å². The molecule has 196 valence electrons. The number of aromatic nitrogens is 1. The van der Waals surface area contributed by atoms with Gasteiger partial charge in [0.15, 0.2) is 29.6 Å². The first-order valence-corrected chi connectivity index (χ1v) is 11.9. The Morgan fingerprint density at radius 3 is 2.34 bits per heavy atom. The van der Waals surface area contributed by atoms with Crippen LogP contribution in [-0.4, -0.2) is 48.3 Å². The van der Waals surface area contributed by atoms with E-state index in [9.17, 15) is 32.3 Å². The fourth-order valence-corrected chi connectivity index (χ4v) is 5.71. The molecule has 0 saturated carbocycles. The Labute approximate surface area is 213 Å². The third kappa shape index (κ3) is 3.35. The number of aliphatic hydroxyl groups is 1. The monoisotopic (exact) mass is 527 g/mol. The maximum Gasteiger partial charge on any atom is 0.252 e. The van der Waals surface area contributed by atoms with Crippen LogP contribution in [0.15, 0.2) is 30.3 Å². The lowest BCUT2D eigenvalue weighted by molar-refractivity contribution is -0.124. The number of anilines is 1. The topological polar surface area (TPSA) is 83.8 Å². The van der Waals surface area contributed by atoms with Crippen LogP contribution in [0.5, 0.6) is 0 Å². The van der Waals surface area contributed by atoms with Gasteiger partial charge in [0.25, 0.3) is 5.91 Å². The van der Waals surface area contributed by atoms with Crippen LogP contribution in [0.25, 0.3) is 32.9 Å². The highest BCUT2D eigenvalue weighted by Gasteiger charge is 2.37. The lowest BCUT2D eigenvalue weighted by atomic mass is 9.90. The summed E-state index contributed by atoms with van der Waals surface area (Å²) < 4.78 is 66.0. The van der Waals surface area contributed by atoms with Gasteiger partial charge in [-0.3, -0.25) is 9.59 Å². The minimum Gasteiger partial charge on any atom is -0.393 e. The Hall–Kier alpha value is -3.96. The number of ether oxygens (including phenoxy) is 1. The molecule has 0 spiro atoms. The van der Waals surface area contributed by atoms with E-state index >= 15 is 0 Å². The molecule has 2 aliphatic rings. The van der Waals surface area contributed by atoms with Crippen LogP contribution in [0.4, 0.5) is 23.2 Å². The summed E-state index contributed by atoms with van der Waals surface area (Å²) >= 11 is 0. The largest absolute Gasteiger partial charge is 0.393 e. The quantitative estimate of drug-likeness (QED) is 0.293. The maximum absolute atomic E-state index is 14.7. The first kappa shape index (κ1) is 24.4. The fourth-order valence-electron chi connectivity index (χ4n) is 5.71. The number of nitrogens with one attached hydrogen (secondary N) is 1. The molecule has 0 aliphatic carbocycles. The van der Waals surface area contributed by atoms with Crippen LogP contribution in [0.2, 0.25) is 0 Å². The third-order valence-electron chi connectivity index (χ3n) is 7.43. The molecular formula is C27H21F4N3O4. The van der Waals surface area contributed by atoms with Gasteiger partial charge in [-0.2, -0.15) is 0 Å². The molecule has 6 rings (SSSR count). The van der Waals surface area contributed by atoms with Gasteiger partial charge in [0.05, 0.1) is 22.7 Å². The van der Waals surface area contributed by atoms with Crippen molar-refractivity contribution in [2.45, 2.75) is 31.4 Å². The second-order valence-electron chi connectivity index (χ2n) is 9.52. The zero-order valence-corrected chi connectivity index (χ0v) is 20.2. The summed E-state index contributed by atoms with van der Waals surface area (Å²) in [4.78, 5) is 27.3. The van der Waals surface area contributed by atoms with Crippen molar-refractivity contribution < 1.29 is 37.0 Å². The molecule has 2 aliphatic heterocycles. The Kier molecular flexibility index (Phi) is 5.48. The van der Waals surface area contributed by atoms with Crippen LogP contribution < -0.4 is 10.2 Å². The molecule has 1 saturated heterocycles. The molecule has 1 aromatic heterocycles. The number of aldehydes is 1. The molecule has 38 heavy (non-hydrogen) atoms. The Bertz CT molecular complexity index is 1690. The number of carbonyl (C=O) groups is 2. The predicted octanol–water partition coefficient (Wildman–Crippen LogP) is 4.64. The number of hydrogen-bond donors (Lipinski definition) is 2. The minimum atomic E-state index is -1.18. The average Bonchev–Trinajstić information content (AvgIpc) is 3.20. The van der Waals surface area contributed by atoms with Crippen LogP contribution in [0, 0.1) is 23.3 Å². The second kappa shape index (κ2) is 8.53. The number of aliphatic hydroxyl groups excluding tert-OH is 1. The van der Waals surface area contributed by atoms with E-state index in [1.165, 1.54) is 18.0 Å². The van der Waals surface area contributed by atoms with E-state index in [1.54, 1.807) is 11.6 Å². The van der Waals surface area contributed by atoms with Crippen molar-refractivity contribution in [2.75, 3.05) is 19.0 Å². The van der Waals surface area contributed by atoms with E-state index in [-0.39, 0.29) is 62.6 Å². The highest BCUT2D eigenvalue weighted by atomic mass is 19.2. The first-order valence-electron chi connectivity index (χ1n) is 11.9. The Balaban J connectivity index is 1.89. The molecule has 0 unspecified atom stereocenters. The molecule has 1 fully saturated rings. The van der Waals surface area contributed by atoms with E-state index in [0.29, 0.717) is 6.29 Å². The van der Waals surface area contributed by atoms with Gasteiger partial charge in [-0.25, -0.2) is 17.6 Å². The number of hydrogen-bond acceptors (Lipinski definition) is 5. The predicted molar refractivity (Wildman–Crippen MR) is 131 cm³/mol. The normalized spacial score (nSPS) is 20.6. The van der Waals surface area contributed by atoms with Crippen molar-refractivity contribution in [3.63, 3.8) is 0 Å². The second-order valence-corrected chi connectivity index (χ2v) is 9.52. The van der Waals surface area contributed by atoms with Crippen molar-refractivity contribution in [1.82, 2.24) is 9.88 Å². The van der Waals surface area contributed by atoms with Crippen LogP contribution >= 0.6 is 0 Å². The molecule has 11 heteroatoms. The summed E-state index contributed by atoms with van der Waals surface area (Å²) in [5, 5.41) is 13.5. The minimum absolute atomic E-state index is 0.0792. The lowest BCUT2D eigenvalue weighted by Crippen LogP contribution is -2.44. The average molecular weight is 527 g/mol. The molecule has 3 aromatic carbocycles. The zero-order valence-electron chi connectivity index (χ0n) is 20.2. The van der Waals surface area contributed by atoms with Crippen molar-refractivity contribution >= 4 is 39.7 Å². The zero-order chi connectivity index (χ0) is 27.0. The summed E-state index contributed by atoms with van der Waals surface area (Å²) in [6.07, 6.45) is -2.00. The van der Waals surface area contributed by atoms with E-state index < -0.39 is 47.7 Å². The van der Waals surface area contributed by atoms with Gasteiger partial charge in [-0.1, -0.05) is 0 Å². The van der Waals surface area contributed by atoms with Crippen molar-refractivity contribution in [3.05, 3.63) is 64.7 Å². The van der Waals surface area contributed by atoms with Gasteiger partial charge < -0.3 is 24.6 Å². The number of carbonyl (C=O) groups excluding carboxylic acids is 2. The molecular weight excluding hydrogens is 506 g/mol. The molecule has 7 nitrogen and oxygen atoms in total. The van der Waals surface area contributed by atoms with Gasteiger partial charge in [0.1, 0.15) is 12.5 Å². The molecule has 4 aromatic rings. The van der Waals surface area contributed by atoms with E-state index in [0.717, 1.165) is 24.3 Å². The molecule has 3 heterocycles. The van der Waals surface area contributed by atoms with Crippen LogP contribution in [0.1, 0.15) is 39.8 Å². The molecule has 1 amide bonds. The van der Waals surface area contributed by atoms with Crippen LogP contribution in [-0.2, 0) is 4.74 Å². The Morgan fingerprint density at radius 2 is 1.63 bits per heavy atom. The molecule has 4 bridgehead atoms. The summed E-state index contributed by atoms with van der Waals surface area (Å²) in [7, 11) is 2.92. The van der Waals surface area contributed by atoms with Crippen LogP contribution in [0.3, 0.4) is 0 Å². The van der Waals surface area contributed by atoms with Gasteiger partial charge in [-0.05, 0) is 23.8 Å². The SMILES string of the molecule is CNC(=O)c1c2cc3c(c1C=O)c1cc(F)c(F)cc1n3[C@H]1C[C@@H](O)C[C@H](O1)N(C)c1cc(F)c(F)cc1-2. The summed E-state index contributed by atoms with van der Waals surface area (Å²) in [6.45, 7) is 0. The van der Waals surface area contributed by atoms with Gasteiger partial charge in [0.2, 0.25) is 0 Å². The number of fused-ring (bicyclic) bond motifs is 9. The van der Waals surface area contributed by atoms with E-state index in [2.05, 4.69) is 5.32 Å². The lowest BCUT2D eigenvalue weighted by Gasteiger charge is -2.41. The number of halogens is 4. The number of rotatable bonds is 2. The Morgan fingerprint density at radius 1 is 0.974 bits per heavy atom. The molecule has 2 N–H and O–H groups in total. The third-order valence-corrected chi connectivity index (χ3v) is 7.43. The highest BCUT2D eigenvalue weighted by molar-refractivity contribution is 6.22. The van der Waals surface area contributed by atoms with Gasteiger partial charge in [0, 0.05) is 66.7 Å². The molecule has 0 radical (unpaired) electrons. The standard InChI is InChI=1S/C27H21F4N3O4/c1-32-27(37)26-13-7-22-25(15(26)10-35)14-6-17(29)19(31)9-21(14)34(22)24-4-11(36)3-23(38-24)33(2)20-8-18(30)16(28)5-12(13)20/h5-11,23-24,36H,3-4H2,1-2H3,(H,32,37)/t11-,23-,24+/m0/s1. The first-order chi connectivity index (χ1) is 18.1. The van der Waals surface area contributed by atoms with E-state index in [4.69, 9.17) is 4.74 Å². The number of amides is 1. The summed E-state index contributed by atoms with van der Waals surface area (Å²) in [5.74, 6) is -5.31. The van der Waals surface area contributed by atoms with E-state index in [1.807, 2.05) is 0 Å². The smallest absolute Gasteiger partial charge is 0.252 e. The molecule has 3 atom stereocenters. The van der Waals surface area contributed by atoms with Gasteiger partial charge >= 0.3 is 0 Å². The number of nitrogens with zero attached hydrogens (tertiary/aromatic N) is 2. The number of benzene rings is 3. The summed E-state index contributed by atoms with van der Waals surface area (Å²) in [5.41, 5.74) is 0.534. The highest BCUT2D eigenvalue weighted by Crippen LogP contribution is 2.46. The maximum atomic E-state index is 14.7. The fraction of sp³-hybridized carbons (Fsp3) is 0.259. The van der Waals surface area contributed by atoms with Crippen molar-refractivity contribution in [2.24, 2.45) is 0 Å². The summed E-state index contributed by atoms with van der Waals surface area (Å²) in [6, 6.07) is 5.29. The van der Waals surface area contributed by atoms with Crippen molar-refractivity contribution in [3.8, 4) is 11.1 Å².